The zero-order valence-corrected chi connectivity index (χ0v) is 13.1. The van der Waals surface area contributed by atoms with Crippen molar-refractivity contribution in [3.05, 3.63) is 23.9 Å². The summed E-state index contributed by atoms with van der Waals surface area (Å²) >= 11 is 0. The van der Waals surface area contributed by atoms with E-state index in [1.54, 1.807) is 0 Å². The normalized spacial score (nSPS) is 14.8. The Morgan fingerprint density at radius 3 is 2.70 bits per heavy atom. The van der Waals surface area contributed by atoms with E-state index in [0.29, 0.717) is 0 Å². The van der Waals surface area contributed by atoms with Gasteiger partial charge in [-0.3, -0.25) is 0 Å². The summed E-state index contributed by atoms with van der Waals surface area (Å²) in [6, 6.07) is 4.99. The Kier molecular flexibility index (Phi) is 5.80. The molecule has 112 valence electrons. The van der Waals surface area contributed by atoms with Gasteiger partial charge in [-0.2, -0.15) is 0 Å². The minimum atomic E-state index is 0.740. The summed E-state index contributed by atoms with van der Waals surface area (Å²) in [5, 5.41) is 3.60. The van der Waals surface area contributed by atoms with E-state index in [-0.39, 0.29) is 0 Å². The number of aromatic nitrogens is 1. The Bertz CT molecular complexity index is 401. The second kappa shape index (κ2) is 7.60. The van der Waals surface area contributed by atoms with E-state index >= 15 is 0 Å². The lowest BCUT2D eigenvalue weighted by Gasteiger charge is -2.27. The minimum absolute atomic E-state index is 0.740. The van der Waals surface area contributed by atoms with Crippen LogP contribution in [-0.2, 0) is 6.54 Å². The average Bonchev–Trinajstić information content (AvgIpc) is 3.25. The largest absolute Gasteiger partial charge is 0.355 e. The van der Waals surface area contributed by atoms with Gasteiger partial charge in [0, 0.05) is 44.0 Å². The number of hydrogen-bond acceptors (Lipinski definition) is 4. The van der Waals surface area contributed by atoms with E-state index in [2.05, 4.69) is 47.2 Å². The maximum Gasteiger partial charge on any atom is 0.133 e. The van der Waals surface area contributed by atoms with Crippen LogP contribution in [0, 0.1) is 0 Å². The first-order valence-electron chi connectivity index (χ1n) is 7.77. The van der Waals surface area contributed by atoms with Gasteiger partial charge in [-0.25, -0.2) is 4.98 Å². The van der Waals surface area contributed by atoms with E-state index in [0.717, 1.165) is 44.5 Å². The lowest BCUT2D eigenvalue weighted by atomic mass is 10.2. The van der Waals surface area contributed by atoms with Crippen LogP contribution < -0.4 is 10.2 Å². The molecule has 1 aromatic rings. The SMILES string of the molecule is CCCN(CCN(C)C)c1ncccc1CNC1CC1. The summed E-state index contributed by atoms with van der Waals surface area (Å²) in [7, 11) is 4.25. The van der Waals surface area contributed by atoms with Crippen LogP contribution in [0.5, 0.6) is 0 Å². The monoisotopic (exact) mass is 276 g/mol. The fraction of sp³-hybridized carbons (Fsp3) is 0.688. The van der Waals surface area contributed by atoms with E-state index in [1.165, 1.54) is 18.4 Å². The van der Waals surface area contributed by atoms with Crippen molar-refractivity contribution >= 4 is 5.82 Å². The predicted molar refractivity (Wildman–Crippen MR) is 85.2 cm³/mol. The molecule has 1 heterocycles. The van der Waals surface area contributed by atoms with E-state index in [1.807, 2.05) is 12.3 Å². The van der Waals surface area contributed by atoms with E-state index in [4.69, 9.17) is 0 Å². The molecule has 0 unspecified atom stereocenters. The van der Waals surface area contributed by atoms with Crippen LogP contribution in [0.15, 0.2) is 18.3 Å². The molecule has 0 saturated heterocycles. The van der Waals surface area contributed by atoms with Crippen LogP contribution in [-0.4, -0.2) is 49.7 Å². The van der Waals surface area contributed by atoms with Crippen molar-refractivity contribution < 1.29 is 0 Å². The molecule has 20 heavy (non-hydrogen) atoms. The molecule has 1 aromatic heterocycles. The van der Waals surface area contributed by atoms with Crippen LogP contribution in [0.2, 0.25) is 0 Å². The molecule has 4 nitrogen and oxygen atoms in total. The van der Waals surface area contributed by atoms with Gasteiger partial charge in [-0.05, 0) is 39.4 Å². The van der Waals surface area contributed by atoms with Crippen LogP contribution in [0.3, 0.4) is 0 Å². The fourth-order valence-corrected chi connectivity index (χ4v) is 2.31. The van der Waals surface area contributed by atoms with Gasteiger partial charge < -0.3 is 15.1 Å². The molecule has 2 rings (SSSR count). The fourth-order valence-electron chi connectivity index (χ4n) is 2.31. The third-order valence-corrected chi connectivity index (χ3v) is 3.64. The lowest BCUT2D eigenvalue weighted by molar-refractivity contribution is 0.412. The van der Waals surface area contributed by atoms with Crippen LogP contribution >= 0.6 is 0 Å². The number of hydrogen-bond donors (Lipinski definition) is 1. The molecule has 1 fully saturated rings. The molecule has 1 saturated carbocycles. The summed E-state index contributed by atoms with van der Waals surface area (Å²) in [5.41, 5.74) is 1.33. The molecule has 1 aliphatic rings. The second-order valence-electron chi connectivity index (χ2n) is 5.93. The smallest absolute Gasteiger partial charge is 0.133 e. The van der Waals surface area contributed by atoms with Gasteiger partial charge in [0.1, 0.15) is 5.82 Å². The van der Waals surface area contributed by atoms with Crippen LogP contribution in [0.4, 0.5) is 5.82 Å². The van der Waals surface area contributed by atoms with E-state index < -0.39 is 0 Å². The summed E-state index contributed by atoms with van der Waals surface area (Å²) < 4.78 is 0. The highest BCUT2D eigenvalue weighted by molar-refractivity contribution is 5.46. The van der Waals surface area contributed by atoms with Crippen molar-refractivity contribution in [3.63, 3.8) is 0 Å². The van der Waals surface area contributed by atoms with Crippen molar-refractivity contribution in [2.75, 3.05) is 38.6 Å². The molecule has 0 aliphatic heterocycles. The Balaban J connectivity index is 2.04. The highest BCUT2D eigenvalue weighted by atomic mass is 15.2. The van der Waals surface area contributed by atoms with Gasteiger partial charge >= 0.3 is 0 Å². The molecule has 0 spiro atoms. The predicted octanol–water partition coefficient (Wildman–Crippen LogP) is 2.11. The molecule has 0 amide bonds. The molecule has 0 atom stereocenters. The molecule has 1 N–H and O–H groups in total. The Hall–Kier alpha value is -1.13. The Morgan fingerprint density at radius 2 is 2.05 bits per heavy atom. The zero-order chi connectivity index (χ0) is 14.4. The van der Waals surface area contributed by atoms with Gasteiger partial charge in [-0.15, -0.1) is 0 Å². The molecule has 0 aromatic carbocycles. The molecule has 1 aliphatic carbocycles. The Labute approximate surface area is 123 Å². The zero-order valence-electron chi connectivity index (χ0n) is 13.1. The van der Waals surface area contributed by atoms with Gasteiger partial charge in [0.2, 0.25) is 0 Å². The second-order valence-corrected chi connectivity index (χ2v) is 5.93. The number of pyridine rings is 1. The van der Waals surface area contributed by atoms with Crippen molar-refractivity contribution in [2.45, 2.75) is 38.8 Å². The van der Waals surface area contributed by atoms with Crippen molar-refractivity contribution in [3.8, 4) is 0 Å². The summed E-state index contributed by atoms with van der Waals surface area (Å²) in [6.07, 6.45) is 5.72. The number of anilines is 1. The summed E-state index contributed by atoms with van der Waals surface area (Å²) in [4.78, 5) is 9.29. The quantitative estimate of drug-likeness (QED) is 0.748. The average molecular weight is 276 g/mol. The first-order valence-corrected chi connectivity index (χ1v) is 7.77. The minimum Gasteiger partial charge on any atom is -0.355 e. The third-order valence-electron chi connectivity index (χ3n) is 3.64. The molecule has 0 radical (unpaired) electrons. The standard InChI is InChI=1S/C16H28N4/c1-4-10-20(12-11-19(2)3)16-14(6-5-9-17-16)13-18-15-7-8-15/h5-6,9,15,18H,4,7-8,10-13H2,1-3H3. The summed E-state index contributed by atoms with van der Waals surface area (Å²) in [5.74, 6) is 1.16. The van der Waals surface area contributed by atoms with Crippen molar-refractivity contribution in [1.29, 1.82) is 0 Å². The first kappa shape index (κ1) is 15.3. The topological polar surface area (TPSA) is 31.4 Å². The van der Waals surface area contributed by atoms with E-state index in [9.17, 15) is 0 Å². The molecule has 0 bridgehead atoms. The lowest BCUT2D eigenvalue weighted by Crippen LogP contribution is -2.34. The number of nitrogens with zero attached hydrogens (tertiary/aromatic N) is 3. The first-order chi connectivity index (χ1) is 9.70. The third kappa shape index (κ3) is 4.76. The highest BCUT2D eigenvalue weighted by Crippen LogP contribution is 2.22. The van der Waals surface area contributed by atoms with Gasteiger partial charge in [0.25, 0.3) is 0 Å². The molecule has 4 heteroatoms. The number of rotatable bonds is 9. The summed E-state index contributed by atoms with van der Waals surface area (Å²) in [6.45, 7) is 6.34. The molecular formula is C16H28N4. The van der Waals surface area contributed by atoms with Gasteiger partial charge in [0.05, 0.1) is 0 Å². The molecular weight excluding hydrogens is 248 g/mol. The van der Waals surface area contributed by atoms with Gasteiger partial charge in [-0.1, -0.05) is 13.0 Å². The number of likely N-dealkylation sites (N-methyl/N-ethyl adjacent to an activating group) is 1. The Morgan fingerprint density at radius 1 is 1.25 bits per heavy atom. The maximum atomic E-state index is 4.64. The van der Waals surface area contributed by atoms with Crippen LogP contribution in [0.1, 0.15) is 31.7 Å². The van der Waals surface area contributed by atoms with Crippen molar-refractivity contribution in [1.82, 2.24) is 15.2 Å². The maximum absolute atomic E-state index is 4.64. The number of nitrogens with one attached hydrogen (secondary N) is 1. The van der Waals surface area contributed by atoms with Gasteiger partial charge in [0.15, 0.2) is 0 Å². The van der Waals surface area contributed by atoms with Crippen molar-refractivity contribution in [2.24, 2.45) is 0 Å². The van der Waals surface area contributed by atoms with Crippen LogP contribution in [0.25, 0.3) is 0 Å². The highest BCUT2D eigenvalue weighted by Gasteiger charge is 2.21.